The number of fused-ring (bicyclic) bond motifs is 1. The molecule has 0 saturated heterocycles. The van der Waals surface area contributed by atoms with E-state index in [1.807, 2.05) is 30.5 Å². The average Bonchev–Trinajstić information content (AvgIpc) is 3.27. The largest absolute Gasteiger partial charge is 0.329 e. The van der Waals surface area contributed by atoms with Crippen LogP contribution >= 0.6 is 16.1 Å². The standard InChI is InChI=1S/C16H14BrN3O/c1-10-15(11-4-5-11)19-14-7-6-12(9-20(10,14)17)13-3-2-8-18-16(13)21/h2-3,6-9,11H,4-5H2,1H3/p+1. The number of rotatable bonds is 2. The zero-order valence-corrected chi connectivity index (χ0v) is 13.2. The molecule has 1 aromatic heterocycles. The topological polar surface area (TPSA) is 45.2 Å². The molecule has 1 aromatic rings. The van der Waals surface area contributed by atoms with Crippen LogP contribution < -0.4 is 5.56 Å². The fraction of sp³-hybridized carbons (Fsp3) is 0.250. The third-order valence-corrected chi connectivity index (χ3v) is 5.35. The van der Waals surface area contributed by atoms with Crippen LogP contribution in [0.15, 0.2) is 57.9 Å². The summed E-state index contributed by atoms with van der Waals surface area (Å²) in [5.41, 5.74) is 3.91. The molecule has 1 unspecified atom stereocenters. The van der Waals surface area contributed by atoms with Crippen LogP contribution in [0.1, 0.15) is 25.3 Å². The molecule has 5 heteroatoms. The number of pyridine rings is 1. The molecule has 1 N–H and O–H groups in total. The van der Waals surface area contributed by atoms with Crippen molar-refractivity contribution < 1.29 is 3.51 Å². The predicted octanol–water partition coefficient (Wildman–Crippen LogP) is 3.47. The first kappa shape index (κ1) is 13.0. The van der Waals surface area contributed by atoms with Gasteiger partial charge in [0.25, 0.3) is 5.56 Å². The number of aliphatic imine (C=N–C) groups is 1. The van der Waals surface area contributed by atoms with Gasteiger partial charge in [0.15, 0.2) is 0 Å². The Labute approximate surface area is 131 Å². The van der Waals surface area contributed by atoms with E-state index < -0.39 is 0 Å². The summed E-state index contributed by atoms with van der Waals surface area (Å²) in [4.78, 5) is 19.5. The van der Waals surface area contributed by atoms with Gasteiger partial charge in [-0.3, -0.25) is 4.79 Å². The zero-order chi connectivity index (χ0) is 14.6. The minimum absolute atomic E-state index is 0.0730. The maximum atomic E-state index is 12.0. The molecule has 0 amide bonds. The maximum absolute atomic E-state index is 12.0. The van der Waals surface area contributed by atoms with Gasteiger partial charge in [-0.15, -0.1) is 0 Å². The van der Waals surface area contributed by atoms with E-state index in [0.717, 1.165) is 11.4 Å². The summed E-state index contributed by atoms with van der Waals surface area (Å²) in [6.45, 7) is 2.11. The monoisotopic (exact) mass is 344 g/mol. The first-order valence-corrected chi connectivity index (χ1v) is 7.78. The van der Waals surface area contributed by atoms with E-state index in [1.54, 1.807) is 6.20 Å². The Balaban J connectivity index is 1.84. The lowest BCUT2D eigenvalue weighted by Crippen LogP contribution is -2.35. The van der Waals surface area contributed by atoms with Gasteiger partial charge in [0.1, 0.15) is 17.6 Å². The minimum atomic E-state index is -0.0730. The molecule has 0 spiro atoms. The highest BCUT2D eigenvalue weighted by atomic mass is 79.9. The van der Waals surface area contributed by atoms with E-state index in [-0.39, 0.29) is 5.56 Å². The highest BCUT2D eigenvalue weighted by Gasteiger charge is 2.46. The number of hydrogen-bond donors (Lipinski definition) is 1. The fourth-order valence-electron chi connectivity index (χ4n) is 2.87. The summed E-state index contributed by atoms with van der Waals surface area (Å²) in [6.07, 6.45) is 10.1. The van der Waals surface area contributed by atoms with E-state index in [9.17, 15) is 4.79 Å². The van der Waals surface area contributed by atoms with Crippen molar-refractivity contribution >= 4 is 27.6 Å². The Hall–Kier alpha value is -1.72. The maximum Gasteiger partial charge on any atom is 0.256 e. The number of allylic oxidation sites excluding steroid dienone is 4. The Kier molecular flexibility index (Phi) is 2.71. The van der Waals surface area contributed by atoms with Crippen molar-refractivity contribution in [3.8, 4) is 0 Å². The van der Waals surface area contributed by atoms with E-state index in [0.29, 0.717) is 15.0 Å². The number of hydrogen-bond acceptors (Lipinski definition) is 2. The number of amidine groups is 1. The molecule has 4 nitrogen and oxygen atoms in total. The van der Waals surface area contributed by atoms with Crippen LogP contribution in [-0.4, -0.2) is 14.3 Å². The van der Waals surface area contributed by atoms with Gasteiger partial charge in [0, 0.05) is 30.7 Å². The number of aromatic amines is 1. The van der Waals surface area contributed by atoms with E-state index in [2.05, 4.69) is 28.1 Å². The van der Waals surface area contributed by atoms with Crippen LogP contribution in [0.3, 0.4) is 0 Å². The molecule has 106 valence electrons. The lowest BCUT2D eigenvalue weighted by atomic mass is 10.1. The Morgan fingerprint density at radius 3 is 2.90 bits per heavy atom. The number of halogens is 1. The molecular weight excluding hydrogens is 330 g/mol. The molecule has 1 fully saturated rings. The minimum Gasteiger partial charge on any atom is -0.329 e. The van der Waals surface area contributed by atoms with Crippen LogP contribution in [0.25, 0.3) is 5.57 Å². The van der Waals surface area contributed by atoms with Gasteiger partial charge >= 0.3 is 0 Å². The van der Waals surface area contributed by atoms with Crippen LogP contribution in [-0.2, 0) is 0 Å². The van der Waals surface area contributed by atoms with Crippen LogP contribution in [0, 0.1) is 5.92 Å². The van der Waals surface area contributed by atoms with E-state index in [1.165, 1.54) is 24.2 Å². The van der Waals surface area contributed by atoms with Crippen molar-refractivity contribution in [3.63, 3.8) is 0 Å². The lowest BCUT2D eigenvalue weighted by Gasteiger charge is -2.24. The molecular formula is C16H15BrN3O+. The molecule has 0 bridgehead atoms. The van der Waals surface area contributed by atoms with Gasteiger partial charge in [-0.05, 0) is 31.1 Å². The highest BCUT2D eigenvalue weighted by Crippen LogP contribution is 2.47. The normalized spacial score (nSPS) is 27.5. The number of quaternary nitrogens is 1. The summed E-state index contributed by atoms with van der Waals surface area (Å²) in [6, 6.07) is 3.68. The lowest BCUT2D eigenvalue weighted by molar-refractivity contribution is -0.564. The molecule has 21 heavy (non-hydrogen) atoms. The van der Waals surface area contributed by atoms with Crippen LogP contribution in [0.5, 0.6) is 0 Å². The first-order valence-electron chi connectivity index (χ1n) is 7.07. The van der Waals surface area contributed by atoms with Gasteiger partial charge in [0.2, 0.25) is 22.0 Å². The second-order valence-electron chi connectivity index (χ2n) is 5.68. The molecule has 1 atom stereocenters. The second-order valence-corrected chi connectivity index (χ2v) is 6.80. The Bertz CT molecular complexity index is 811. The van der Waals surface area contributed by atoms with Gasteiger partial charge in [-0.1, -0.05) is 0 Å². The summed E-state index contributed by atoms with van der Waals surface area (Å²) in [5, 5.41) is 0. The molecule has 1 saturated carbocycles. The Morgan fingerprint density at radius 1 is 1.38 bits per heavy atom. The number of H-pyrrole nitrogens is 1. The van der Waals surface area contributed by atoms with Crippen molar-refractivity contribution in [3.05, 3.63) is 64.0 Å². The van der Waals surface area contributed by atoms with Crippen molar-refractivity contribution in [1.29, 1.82) is 0 Å². The highest BCUT2D eigenvalue weighted by molar-refractivity contribution is 9.05. The SMILES string of the molecule is CC1=C(C2CC2)N=C2C=CC(c3ccc[nH]c3=O)=C[N+]21Br. The van der Waals surface area contributed by atoms with Crippen molar-refractivity contribution in [1.82, 2.24) is 4.98 Å². The second kappa shape index (κ2) is 4.39. The first-order chi connectivity index (χ1) is 10.1. The predicted molar refractivity (Wildman–Crippen MR) is 86.2 cm³/mol. The van der Waals surface area contributed by atoms with Gasteiger partial charge in [-0.2, -0.15) is 8.50 Å². The third kappa shape index (κ3) is 1.92. The van der Waals surface area contributed by atoms with Crippen LogP contribution in [0.4, 0.5) is 0 Å². The fourth-order valence-corrected chi connectivity index (χ4v) is 3.47. The number of aromatic nitrogens is 1. The van der Waals surface area contributed by atoms with E-state index in [4.69, 9.17) is 4.99 Å². The molecule has 3 heterocycles. The average molecular weight is 345 g/mol. The summed E-state index contributed by atoms with van der Waals surface area (Å²) >= 11 is 3.80. The third-order valence-electron chi connectivity index (χ3n) is 4.25. The summed E-state index contributed by atoms with van der Waals surface area (Å²) in [5.74, 6) is 1.58. The molecule has 3 aliphatic rings. The van der Waals surface area contributed by atoms with Crippen molar-refractivity contribution in [2.24, 2.45) is 10.9 Å². The number of nitrogens with zero attached hydrogens (tertiary/aromatic N) is 2. The number of nitrogens with one attached hydrogen (secondary N) is 1. The van der Waals surface area contributed by atoms with Crippen molar-refractivity contribution in [2.45, 2.75) is 19.8 Å². The smallest absolute Gasteiger partial charge is 0.256 e. The van der Waals surface area contributed by atoms with Crippen molar-refractivity contribution in [2.75, 3.05) is 0 Å². The molecule has 2 aliphatic heterocycles. The molecule has 4 rings (SSSR count). The van der Waals surface area contributed by atoms with Gasteiger partial charge in [-0.25, -0.2) is 0 Å². The van der Waals surface area contributed by atoms with Gasteiger partial charge in [0.05, 0.1) is 5.56 Å². The Morgan fingerprint density at radius 2 is 2.19 bits per heavy atom. The zero-order valence-electron chi connectivity index (χ0n) is 11.6. The summed E-state index contributed by atoms with van der Waals surface area (Å²) < 4.78 is 0.402. The van der Waals surface area contributed by atoms with Gasteiger partial charge < -0.3 is 4.98 Å². The summed E-state index contributed by atoms with van der Waals surface area (Å²) in [7, 11) is 0. The molecule has 1 aliphatic carbocycles. The quantitative estimate of drug-likeness (QED) is 0.820. The molecule has 0 radical (unpaired) electrons. The van der Waals surface area contributed by atoms with E-state index >= 15 is 0 Å². The van der Waals surface area contributed by atoms with Crippen LogP contribution in [0.2, 0.25) is 0 Å². The molecule has 0 aromatic carbocycles.